The van der Waals surface area contributed by atoms with E-state index in [1.165, 1.54) is 6.07 Å². The first-order valence-electron chi connectivity index (χ1n) is 6.98. The maximum absolute atomic E-state index is 13.2. The molecule has 3 aromatic rings. The molecule has 2 N–H and O–H groups in total. The van der Waals surface area contributed by atoms with Gasteiger partial charge in [0.1, 0.15) is 18.0 Å². The molecule has 4 nitrogen and oxygen atoms in total. The smallest absolute Gasteiger partial charge is 0.138 e. The third kappa shape index (κ3) is 2.96. The van der Waals surface area contributed by atoms with E-state index in [0.29, 0.717) is 6.42 Å². The van der Waals surface area contributed by atoms with Gasteiger partial charge in [-0.3, -0.25) is 4.68 Å². The molecule has 0 radical (unpaired) electrons. The summed E-state index contributed by atoms with van der Waals surface area (Å²) < 4.78 is 16.2. The van der Waals surface area contributed by atoms with Gasteiger partial charge in [0.05, 0.1) is 0 Å². The number of nitrogens with zero attached hydrogens (tertiary/aromatic N) is 3. The van der Waals surface area contributed by atoms with Crippen LogP contribution in [0, 0.1) is 5.82 Å². The molecule has 21 heavy (non-hydrogen) atoms. The van der Waals surface area contributed by atoms with Crippen LogP contribution in [0.15, 0.2) is 30.6 Å². The van der Waals surface area contributed by atoms with E-state index in [2.05, 4.69) is 17.0 Å². The molecular weight excluding hydrogens is 287 g/mol. The lowest BCUT2D eigenvalue weighted by Gasteiger charge is -2.09. The molecule has 0 bridgehead atoms. The minimum absolute atomic E-state index is 0.148. The summed E-state index contributed by atoms with van der Waals surface area (Å²) in [6, 6.07) is 6.64. The lowest BCUT2D eigenvalue weighted by Crippen LogP contribution is -2.16. The standard InChI is InChI=1S/C15H17FN4S/c1-2-5-20-15(18-9-19-20)8-12(17)14-7-10-6-11(16)3-4-13(10)21-14/h3-4,6-7,9,12H,2,5,8,17H2,1H3. The van der Waals surface area contributed by atoms with E-state index in [4.69, 9.17) is 5.73 Å². The van der Waals surface area contributed by atoms with Crippen LogP contribution in [0.25, 0.3) is 10.1 Å². The number of hydrogen-bond acceptors (Lipinski definition) is 4. The van der Waals surface area contributed by atoms with E-state index in [1.807, 2.05) is 10.7 Å². The number of halogens is 1. The first-order chi connectivity index (χ1) is 10.2. The fraction of sp³-hybridized carbons (Fsp3) is 0.333. The maximum atomic E-state index is 13.2. The van der Waals surface area contributed by atoms with Crippen molar-refractivity contribution in [3.05, 3.63) is 47.1 Å². The molecule has 0 saturated heterocycles. The summed E-state index contributed by atoms with van der Waals surface area (Å²) in [5.74, 6) is 0.677. The highest BCUT2D eigenvalue weighted by molar-refractivity contribution is 7.19. The second-order valence-electron chi connectivity index (χ2n) is 5.04. The maximum Gasteiger partial charge on any atom is 0.138 e. The summed E-state index contributed by atoms with van der Waals surface area (Å²) in [4.78, 5) is 5.33. The predicted octanol–water partition coefficient (Wildman–Crippen LogP) is 3.28. The summed E-state index contributed by atoms with van der Waals surface area (Å²) >= 11 is 1.61. The molecule has 0 aliphatic heterocycles. The van der Waals surface area contributed by atoms with Gasteiger partial charge >= 0.3 is 0 Å². The van der Waals surface area contributed by atoms with Crippen molar-refractivity contribution < 1.29 is 4.39 Å². The minimum Gasteiger partial charge on any atom is -0.323 e. The van der Waals surface area contributed by atoms with E-state index in [9.17, 15) is 4.39 Å². The molecular formula is C15H17FN4S. The average Bonchev–Trinajstić information content (AvgIpc) is 3.06. The van der Waals surface area contributed by atoms with Crippen molar-refractivity contribution in [1.82, 2.24) is 14.8 Å². The van der Waals surface area contributed by atoms with Crippen LogP contribution in [0.3, 0.4) is 0 Å². The zero-order valence-electron chi connectivity index (χ0n) is 11.8. The number of nitrogens with two attached hydrogens (primary N) is 1. The lowest BCUT2D eigenvalue weighted by atomic mass is 10.1. The molecule has 0 aliphatic rings. The topological polar surface area (TPSA) is 56.7 Å². The molecule has 0 fully saturated rings. The number of thiophene rings is 1. The van der Waals surface area contributed by atoms with Crippen molar-refractivity contribution in [2.45, 2.75) is 32.4 Å². The van der Waals surface area contributed by atoms with Crippen molar-refractivity contribution in [3.8, 4) is 0 Å². The van der Waals surface area contributed by atoms with E-state index in [1.54, 1.807) is 29.8 Å². The van der Waals surface area contributed by atoms with Gasteiger partial charge in [-0.2, -0.15) is 5.10 Å². The Morgan fingerprint density at radius 2 is 2.24 bits per heavy atom. The normalized spacial score (nSPS) is 12.9. The van der Waals surface area contributed by atoms with Gasteiger partial charge in [-0.25, -0.2) is 9.37 Å². The van der Waals surface area contributed by atoms with Gasteiger partial charge < -0.3 is 5.73 Å². The quantitative estimate of drug-likeness (QED) is 0.787. The summed E-state index contributed by atoms with van der Waals surface area (Å²) in [6.07, 6.45) is 3.21. The summed E-state index contributed by atoms with van der Waals surface area (Å²) in [5.41, 5.74) is 6.29. The molecule has 2 heterocycles. The van der Waals surface area contributed by atoms with Crippen LogP contribution in [0.4, 0.5) is 4.39 Å². The average molecular weight is 304 g/mol. The SMILES string of the molecule is CCCn1ncnc1CC(N)c1cc2cc(F)ccc2s1. The summed E-state index contributed by atoms with van der Waals surface area (Å²) in [7, 11) is 0. The predicted molar refractivity (Wildman–Crippen MR) is 82.7 cm³/mol. The second-order valence-corrected chi connectivity index (χ2v) is 6.16. The molecule has 0 saturated carbocycles. The Morgan fingerprint density at radius 1 is 1.38 bits per heavy atom. The number of rotatable bonds is 5. The van der Waals surface area contributed by atoms with Gasteiger partial charge in [0.2, 0.25) is 0 Å². The monoisotopic (exact) mass is 304 g/mol. The van der Waals surface area contributed by atoms with Crippen LogP contribution in [0.5, 0.6) is 0 Å². The van der Waals surface area contributed by atoms with Crippen molar-refractivity contribution in [2.75, 3.05) is 0 Å². The fourth-order valence-electron chi connectivity index (χ4n) is 2.36. The Balaban J connectivity index is 1.83. The third-order valence-corrected chi connectivity index (χ3v) is 4.64. The Morgan fingerprint density at radius 3 is 3.05 bits per heavy atom. The van der Waals surface area contributed by atoms with Crippen LogP contribution in [-0.4, -0.2) is 14.8 Å². The van der Waals surface area contributed by atoms with Crippen molar-refractivity contribution in [3.63, 3.8) is 0 Å². The molecule has 0 amide bonds. The molecule has 1 aromatic carbocycles. The fourth-order valence-corrected chi connectivity index (χ4v) is 3.41. The molecule has 0 aliphatic carbocycles. The Labute approximate surface area is 126 Å². The number of aryl methyl sites for hydroxylation is 1. The molecule has 0 spiro atoms. The highest BCUT2D eigenvalue weighted by Crippen LogP contribution is 2.30. The van der Waals surface area contributed by atoms with Crippen LogP contribution in [0.2, 0.25) is 0 Å². The zero-order valence-corrected chi connectivity index (χ0v) is 12.6. The Hall–Kier alpha value is -1.79. The van der Waals surface area contributed by atoms with E-state index >= 15 is 0 Å². The van der Waals surface area contributed by atoms with Gasteiger partial charge in [-0.05, 0) is 36.1 Å². The summed E-state index contributed by atoms with van der Waals surface area (Å²) in [5, 5.41) is 5.11. The molecule has 1 unspecified atom stereocenters. The highest BCUT2D eigenvalue weighted by Gasteiger charge is 2.14. The van der Waals surface area contributed by atoms with Gasteiger partial charge in [-0.1, -0.05) is 6.92 Å². The van der Waals surface area contributed by atoms with Gasteiger partial charge in [0, 0.05) is 28.6 Å². The first-order valence-corrected chi connectivity index (χ1v) is 7.80. The molecule has 6 heteroatoms. The molecule has 110 valence electrons. The molecule has 2 aromatic heterocycles. The second kappa shape index (κ2) is 5.91. The Bertz CT molecular complexity index is 749. The largest absolute Gasteiger partial charge is 0.323 e. The van der Waals surface area contributed by atoms with Crippen LogP contribution >= 0.6 is 11.3 Å². The molecule has 3 rings (SSSR count). The zero-order chi connectivity index (χ0) is 14.8. The number of hydrogen-bond donors (Lipinski definition) is 1. The van der Waals surface area contributed by atoms with Crippen molar-refractivity contribution >= 4 is 21.4 Å². The number of aromatic nitrogens is 3. The number of benzene rings is 1. The van der Waals surface area contributed by atoms with E-state index < -0.39 is 0 Å². The lowest BCUT2D eigenvalue weighted by molar-refractivity contribution is 0.550. The van der Waals surface area contributed by atoms with Gasteiger partial charge in [0.15, 0.2) is 0 Å². The number of fused-ring (bicyclic) bond motifs is 1. The van der Waals surface area contributed by atoms with E-state index in [-0.39, 0.29) is 11.9 Å². The summed E-state index contributed by atoms with van der Waals surface area (Å²) in [6.45, 7) is 2.95. The van der Waals surface area contributed by atoms with Crippen LogP contribution in [-0.2, 0) is 13.0 Å². The van der Waals surface area contributed by atoms with Crippen molar-refractivity contribution in [1.29, 1.82) is 0 Å². The van der Waals surface area contributed by atoms with Crippen LogP contribution < -0.4 is 5.73 Å². The first kappa shape index (κ1) is 14.2. The van der Waals surface area contributed by atoms with Gasteiger partial charge in [-0.15, -0.1) is 11.3 Å². The van der Waals surface area contributed by atoms with Crippen molar-refractivity contribution in [2.24, 2.45) is 5.73 Å². The molecule has 1 atom stereocenters. The highest BCUT2D eigenvalue weighted by atomic mass is 32.1. The van der Waals surface area contributed by atoms with Gasteiger partial charge in [0.25, 0.3) is 0 Å². The minimum atomic E-state index is -0.219. The van der Waals surface area contributed by atoms with E-state index in [0.717, 1.165) is 33.8 Å². The Kier molecular flexibility index (Phi) is 3.98. The van der Waals surface area contributed by atoms with Crippen LogP contribution in [0.1, 0.15) is 30.1 Å². The third-order valence-electron chi connectivity index (χ3n) is 3.40.